The molecule has 0 aliphatic heterocycles. The monoisotopic (exact) mass is 491 g/mol. The van der Waals surface area contributed by atoms with E-state index in [0.717, 1.165) is 31.5 Å². The van der Waals surface area contributed by atoms with E-state index in [9.17, 15) is 19.1 Å². The summed E-state index contributed by atoms with van der Waals surface area (Å²) in [6.07, 6.45) is 1.64. The number of tetrazole rings is 1. The minimum atomic E-state index is -1.12. The number of carboxylic acids is 1. The zero-order valence-corrected chi connectivity index (χ0v) is 19.7. The van der Waals surface area contributed by atoms with Gasteiger partial charge in [0.1, 0.15) is 5.82 Å². The van der Waals surface area contributed by atoms with Gasteiger partial charge < -0.3 is 20.6 Å². The van der Waals surface area contributed by atoms with Crippen molar-refractivity contribution in [2.45, 2.75) is 19.4 Å². The van der Waals surface area contributed by atoms with Gasteiger partial charge in [-0.25, -0.2) is 18.7 Å². The Morgan fingerprint density at radius 2 is 1.88 bits per heavy atom. The molecular weight excluding hydrogens is 465 g/mol. The minimum absolute atomic E-state index is 0. The standard InChI is InChI=1S/C22H26FN7O3.ClH/c1-29(14-15-5-7-18(23)8-6-15)10-4-3-9-24-22(33)25-19-12-16(11-17(13-19)21(31)32)20-26-27-28-30(20)2;/h5-8,11-13H,3-4,9-10,14H2,1-2H3,(H,31,32)(H2,24,25,33);1H. The second-order valence-electron chi connectivity index (χ2n) is 7.68. The molecule has 0 aliphatic rings. The van der Waals surface area contributed by atoms with Crippen molar-refractivity contribution >= 4 is 30.1 Å². The number of benzene rings is 2. The van der Waals surface area contributed by atoms with E-state index < -0.39 is 12.0 Å². The van der Waals surface area contributed by atoms with E-state index in [1.54, 1.807) is 25.2 Å². The number of carbonyl (C=O) groups is 2. The minimum Gasteiger partial charge on any atom is -0.478 e. The zero-order chi connectivity index (χ0) is 23.8. The topological polar surface area (TPSA) is 125 Å². The number of urea groups is 1. The number of halogens is 2. The van der Waals surface area contributed by atoms with Crippen molar-refractivity contribution in [3.8, 4) is 11.4 Å². The third-order valence-corrected chi connectivity index (χ3v) is 4.93. The molecule has 10 nitrogen and oxygen atoms in total. The molecule has 0 atom stereocenters. The van der Waals surface area contributed by atoms with Crippen LogP contribution in [0.15, 0.2) is 42.5 Å². The van der Waals surface area contributed by atoms with E-state index in [1.807, 2.05) is 7.05 Å². The number of nitrogens with zero attached hydrogens (tertiary/aromatic N) is 5. The van der Waals surface area contributed by atoms with Crippen molar-refractivity contribution in [2.75, 3.05) is 25.5 Å². The highest BCUT2D eigenvalue weighted by Gasteiger charge is 2.13. The van der Waals surface area contributed by atoms with Gasteiger partial charge in [0.2, 0.25) is 0 Å². The number of carbonyl (C=O) groups excluding carboxylic acids is 1. The van der Waals surface area contributed by atoms with Crippen LogP contribution in [-0.4, -0.2) is 62.4 Å². The smallest absolute Gasteiger partial charge is 0.335 e. The molecule has 2 amide bonds. The molecule has 3 N–H and O–H groups in total. The number of hydrogen-bond donors (Lipinski definition) is 3. The van der Waals surface area contributed by atoms with Crippen molar-refractivity contribution in [2.24, 2.45) is 7.05 Å². The quantitative estimate of drug-likeness (QED) is 0.372. The summed E-state index contributed by atoms with van der Waals surface area (Å²) in [6.45, 7) is 2.02. The Morgan fingerprint density at radius 1 is 1.15 bits per heavy atom. The number of nitrogens with one attached hydrogen (secondary N) is 2. The molecule has 12 heteroatoms. The maximum Gasteiger partial charge on any atom is 0.335 e. The van der Waals surface area contributed by atoms with Gasteiger partial charge >= 0.3 is 12.0 Å². The number of anilines is 1. The van der Waals surface area contributed by atoms with Crippen molar-refractivity contribution in [3.63, 3.8) is 0 Å². The molecule has 3 aromatic rings. The van der Waals surface area contributed by atoms with Gasteiger partial charge in [-0.15, -0.1) is 17.5 Å². The Kier molecular flexibility index (Phi) is 9.90. The average molecular weight is 492 g/mol. The first-order chi connectivity index (χ1) is 15.8. The van der Waals surface area contributed by atoms with E-state index >= 15 is 0 Å². The summed E-state index contributed by atoms with van der Waals surface area (Å²) in [5.41, 5.74) is 1.85. The van der Waals surface area contributed by atoms with Gasteiger partial charge in [0.15, 0.2) is 5.82 Å². The molecule has 3 rings (SSSR count). The van der Waals surface area contributed by atoms with Crippen LogP contribution in [0.3, 0.4) is 0 Å². The lowest BCUT2D eigenvalue weighted by atomic mass is 10.1. The highest BCUT2D eigenvalue weighted by atomic mass is 35.5. The number of aromatic carboxylic acids is 1. The van der Waals surface area contributed by atoms with Crippen molar-refractivity contribution in [1.29, 1.82) is 0 Å². The van der Waals surface area contributed by atoms with Crippen LogP contribution in [0.4, 0.5) is 14.9 Å². The van der Waals surface area contributed by atoms with Gasteiger partial charge in [0.25, 0.3) is 0 Å². The van der Waals surface area contributed by atoms with Gasteiger partial charge in [-0.05, 0) is 72.8 Å². The molecule has 0 spiro atoms. The largest absolute Gasteiger partial charge is 0.478 e. The Bertz CT molecular complexity index is 1110. The molecule has 2 aromatic carbocycles. The molecule has 0 saturated carbocycles. The fraction of sp³-hybridized carbons (Fsp3) is 0.318. The number of amides is 2. The van der Waals surface area contributed by atoms with Crippen LogP contribution in [0.5, 0.6) is 0 Å². The summed E-state index contributed by atoms with van der Waals surface area (Å²) < 4.78 is 14.4. The second kappa shape index (κ2) is 12.6. The van der Waals surface area contributed by atoms with Crippen LogP contribution in [-0.2, 0) is 13.6 Å². The number of hydrogen-bond acceptors (Lipinski definition) is 6. The molecule has 34 heavy (non-hydrogen) atoms. The maximum atomic E-state index is 13.0. The van der Waals surface area contributed by atoms with Crippen molar-refractivity contribution in [1.82, 2.24) is 30.4 Å². The highest BCUT2D eigenvalue weighted by Crippen LogP contribution is 2.22. The number of aromatic nitrogens is 4. The second-order valence-corrected chi connectivity index (χ2v) is 7.68. The molecule has 0 radical (unpaired) electrons. The first-order valence-corrected chi connectivity index (χ1v) is 10.4. The van der Waals surface area contributed by atoms with E-state index in [4.69, 9.17) is 0 Å². The lowest BCUT2D eigenvalue weighted by Gasteiger charge is -2.16. The van der Waals surface area contributed by atoms with E-state index in [-0.39, 0.29) is 23.8 Å². The molecule has 1 heterocycles. The van der Waals surface area contributed by atoms with Gasteiger partial charge in [0, 0.05) is 31.4 Å². The first kappa shape index (κ1) is 26.7. The predicted octanol–water partition coefficient (Wildman–Crippen LogP) is 3.17. The number of unbranched alkanes of at least 4 members (excludes halogenated alkanes) is 1. The third kappa shape index (κ3) is 7.78. The fourth-order valence-corrected chi connectivity index (χ4v) is 3.29. The van der Waals surface area contributed by atoms with E-state index in [0.29, 0.717) is 23.6 Å². The lowest BCUT2D eigenvalue weighted by Crippen LogP contribution is -2.30. The molecule has 0 unspecified atom stereocenters. The summed E-state index contributed by atoms with van der Waals surface area (Å²) in [7, 11) is 3.63. The molecule has 0 aliphatic carbocycles. The Hall–Kier alpha value is -3.57. The van der Waals surface area contributed by atoms with Crippen molar-refractivity contribution < 1.29 is 19.1 Å². The summed E-state index contributed by atoms with van der Waals surface area (Å²) in [5, 5.41) is 26.0. The molecular formula is C22H27ClFN7O3. The molecule has 0 saturated heterocycles. The molecule has 182 valence electrons. The summed E-state index contributed by atoms with van der Waals surface area (Å²) in [6, 6.07) is 10.4. The van der Waals surface area contributed by atoms with Crippen LogP contribution >= 0.6 is 12.4 Å². The lowest BCUT2D eigenvalue weighted by molar-refractivity contribution is 0.0697. The third-order valence-electron chi connectivity index (χ3n) is 4.93. The summed E-state index contributed by atoms with van der Waals surface area (Å²) >= 11 is 0. The number of aryl methyl sites for hydroxylation is 1. The van der Waals surface area contributed by atoms with Crippen molar-refractivity contribution in [3.05, 3.63) is 59.4 Å². The average Bonchev–Trinajstić information content (AvgIpc) is 3.20. The summed E-state index contributed by atoms with van der Waals surface area (Å²) in [4.78, 5) is 25.9. The van der Waals surface area contributed by atoms with Crippen LogP contribution in [0.2, 0.25) is 0 Å². The van der Waals surface area contributed by atoms with Crippen LogP contribution < -0.4 is 10.6 Å². The zero-order valence-electron chi connectivity index (χ0n) is 18.9. The SMILES string of the molecule is CN(CCCCNC(=O)Nc1cc(C(=O)O)cc(-c2nnnn2C)c1)Cc1ccc(F)cc1.Cl. The summed E-state index contributed by atoms with van der Waals surface area (Å²) in [5.74, 6) is -0.992. The first-order valence-electron chi connectivity index (χ1n) is 10.4. The normalized spacial score (nSPS) is 10.6. The van der Waals surface area contributed by atoms with Gasteiger partial charge in [-0.3, -0.25) is 0 Å². The van der Waals surface area contributed by atoms with Gasteiger partial charge in [-0.1, -0.05) is 12.1 Å². The Morgan fingerprint density at radius 3 is 2.53 bits per heavy atom. The number of rotatable bonds is 10. The van der Waals surface area contributed by atoms with E-state index in [1.165, 1.54) is 28.9 Å². The van der Waals surface area contributed by atoms with E-state index in [2.05, 4.69) is 31.1 Å². The van der Waals surface area contributed by atoms with Crippen LogP contribution in [0, 0.1) is 5.82 Å². The van der Waals surface area contributed by atoms with Crippen LogP contribution in [0.1, 0.15) is 28.8 Å². The highest BCUT2D eigenvalue weighted by molar-refractivity contribution is 5.94. The molecule has 1 aromatic heterocycles. The Balaban J connectivity index is 0.00000408. The van der Waals surface area contributed by atoms with Gasteiger partial charge in [-0.2, -0.15) is 0 Å². The van der Waals surface area contributed by atoms with Crippen LogP contribution in [0.25, 0.3) is 11.4 Å². The Labute approximate surface area is 202 Å². The molecule has 0 bridgehead atoms. The maximum absolute atomic E-state index is 13.0. The fourth-order valence-electron chi connectivity index (χ4n) is 3.29. The molecule has 0 fully saturated rings. The number of carboxylic acid groups (broad SMARTS) is 1. The van der Waals surface area contributed by atoms with Gasteiger partial charge in [0.05, 0.1) is 5.56 Å². The predicted molar refractivity (Wildman–Crippen MR) is 127 cm³/mol.